The van der Waals surface area contributed by atoms with Crippen molar-refractivity contribution in [3.05, 3.63) is 29.6 Å². The average Bonchev–Trinajstić information content (AvgIpc) is 2.59. The van der Waals surface area contributed by atoms with E-state index in [0.29, 0.717) is 5.56 Å². The van der Waals surface area contributed by atoms with Gasteiger partial charge in [0.25, 0.3) is 0 Å². The topological polar surface area (TPSA) is 45.8 Å². The number of ketones is 1. The molecular weight excluding hydrogens is 188 g/mol. The van der Waals surface area contributed by atoms with E-state index in [1.807, 2.05) is 18.2 Å². The number of aryl methyl sites for hydroxylation is 1. The Morgan fingerprint density at radius 3 is 2.93 bits per heavy atom. The van der Waals surface area contributed by atoms with Crippen LogP contribution in [-0.2, 0) is 6.42 Å². The Morgan fingerprint density at radius 2 is 2.27 bits per heavy atom. The van der Waals surface area contributed by atoms with Gasteiger partial charge in [-0.25, -0.2) is 4.98 Å². The minimum atomic E-state index is 0.0650. The fourth-order valence-corrected chi connectivity index (χ4v) is 1.72. The summed E-state index contributed by atoms with van der Waals surface area (Å²) in [5.41, 5.74) is 2.45. The highest BCUT2D eigenvalue weighted by molar-refractivity contribution is 6.04. The number of hydrogen-bond acceptors (Lipinski definition) is 2. The highest BCUT2D eigenvalue weighted by atomic mass is 16.1. The molecule has 0 fully saturated rings. The Labute approximate surface area is 88.5 Å². The number of carbonyl (C=O) groups is 1. The zero-order chi connectivity index (χ0) is 10.8. The number of para-hydroxylation sites is 1. The summed E-state index contributed by atoms with van der Waals surface area (Å²) < 4.78 is 0. The first-order valence-electron chi connectivity index (χ1n) is 5.21. The number of aromatic amines is 1. The van der Waals surface area contributed by atoms with Crippen molar-refractivity contribution in [3.8, 4) is 0 Å². The first-order chi connectivity index (χ1) is 7.22. The lowest BCUT2D eigenvalue weighted by molar-refractivity contribution is 0.101. The summed E-state index contributed by atoms with van der Waals surface area (Å²) in [4.78, 5) is 19.0. The third-order valence-electron chi connectivity index (χ3n) is 2.43. The van der Waals surface area contributed by atoms with Gasteiger partial charge in [0.05, 0.1) is 11.0 Å². The van der Waals surface area contributed by atoms with Crippen LogP contribution in [0.5, 0.6) is 0 Å². The molecule has 0 spiro atoms. The van der Waals surface area contributed by atoms with Crippen molar-refractivity contribution in [2.45, 2.75) is 26.7 Å². The summed E-state index contributed by atoms with van der Waals surface area (Å²) in [6.07, 6.45) is 1.97. The van der Waals surface area contributed by atoms with Crippen LogP contribution in [0.4, 0.5) is 0 Å². The van der Waals surface area contributed by atoms with Crippen LogP contribution in [0.25, 0.3) is 11.0 Å². The molecule has 0 atom stereocenters. The number of fused-ring (bicyclic) bond motifs is 1. The molecule has 1 heterocycles. The molecule has 0 bridgehead atoms. The predicted molar refractivity (Wildman–Crippen MR) is 60.1 cm³/mol. The summed E-state index contributed by atoms with van der Waals surface area (Å²) in [7, 11) is 0. The van der Waals surface area contributed by atoms with Gasteiger partial charge in [0.1, 0.15) is 5.82 Å². The van der Waals surface area contributed by atoms with Gasteiger partial charge >= 0.3 is 0 Å². The van der Waals surface area contributed by atoms with Crippen molar-refractivity contribution in [3.63, 3.8) is 0 Å². The molecule has 2 aromatic rings. The summed E-state index contributed by atoms with van der Waals surface area (Å²) in [5.74, 6) is 1.02. The molecule has 0 radical (unpaired) electrons. The van der Waals surface area contributed by atoms with Crippen LogP contribution < -0.4 is 0 Å². The van der Waals surface area contributed by atoms with Gasteiger partial charge in [0, 0.05) is 12.0 Å². The lowest BCUT2D eigenvalue weighted by atomic mass is 10.1. The molecule has 0 amide bonds. The average molecular weight is 202 g/mol. The Kier molecular flexibility index (Phi) is 2.54. The molecule has 3 nitrogen and oxygen atoms in total. The lowest BCUT2D eigenvalue weighted by Crippen LogP contribution is -1.93. The number of H-pyrrole nitrogens is 1. The Morgan fingerprint density at radius 1 is 1.47 bits per heavy atom. The first kappa shape index (κ1) is 9.90. The number of benzene rings is 1. The van der Waals surface area contributed by atoms with E-state index in [0.717, 1.165) is 29.7 Å². The van der Waals surface area contributed by atoms with Crippen LogP contribution in [-0.4, -0.2) is 15.8 Å². The molecule has 0 unspecified atom stereocenters. The van der Waals surface area contributed by atoms with Crippen LogP contribution in [0.1, 0.15) is 36.5 Å². The van der Waals surface area contributed by atoms with Gasteiger partial charge < -0.3 is 4.98 Å². The van der Waals surface area contributed by atoms with E-state index >= 15 is 0 Å². The maximum Gasteiger partial charge on any atom is 0.162 e. The quantitative estimate of drug-likeness (QED) is 0.778. The van der Waals surface area contributed by atoms with Crippen molar-refractivity contribution >= 4 is 16.8 Å². The second-order valence-corrected chi connectivity index (χ2v) is 3.69. The first-order valence-corrected chi connectivity index (χ1v) is 5.21. The molecule has 3 heteroatoms. The maximum atomic E-state index is 11.4. The van der Waals surface area contributed by atoms with Crippen molar-refractivity contribution < 1.29 is 4.79 Å². The smallest absolute Gasteiger partial charge is 0.162 e. The minimum absolute atomic E-state index is 0.0650. The Bertz CT molecular complexity index is 499. The van der Waals surface area contributed by atoms with E-state index < -0.39 is 0 Å². The van der Waals surface area contributed by atoms with Crippen LogP contribution in [0.2, 0.25) is 0 Å². The highest BCUT2D eigenvalue weighted by Gasteiger charge is 2.09. The van der Waals surface area contributed by atoms with Crippen molar-refractivity contribution in [1.82, 2.24) is 9.97 Å². The molecule has 1 aromatic heterocycles. The third kappa shape index (κ3) is 1.77. The summed E-state index contributed by atoms with van der Waals surface area (Å²) in [6, 6.07) is 5.65. The van der Waals surface area contributed by atoms with Crippen molar-refractivity contribution in [1.29, 1.82) is 0 Å². The van der Waals surface area contributed by atoms with Crippen molar-refractivity contribution in [2.75, 3.05) is 0 Å². The monoisotopic (exact) mass is 202 g/mol. The van der Waals surface area contributed by atoms with Crippen LogP contribution in [0.3, 0.4) is 0 Å². The van der Waals surface area contributed by atoms with E-state index in [-0.39, 0.29) is 5.78 Å². The molecule has 0 saturated heterocycles. The third-order valence-corrected chi connectivity index (χ3v) is 2.43. The zero-order valence-electron chi connectivity index (χ0n) is 9.00. The number of rotatable bonds is 3. The molecule has 0 aliphatic rings. The van der Waals surface area contributed by atoms with E-state index in [2.05, 4.69) is 16.9 Å². The Hall–Kier alpha value is -1.64. The van der Waals surface area contributed by atoms with E-state index in [1.165, 1.54) is 0 Å². The second-order valence-electron chi connectivity index (χ2n) is 3.69. The van der Waals surface area contributed by atoms with Gasteiger partial charge in [-0.3, -0.25) is 4.79 Å². The van der Waals surface area contributed by atoms with Gasteiger partial charge in [0.15, 0.2) is 5.78 Å². The van der Waals surface area contributed by atoms with Gasteiger partial charge in [-0.15, -0.1) is 0 Å². The van der Waals surface area contributed by atoms with Gasteiger partial charge in [-0.2, -0.15) is 0 Å². The number of nitrogens with zero attached hydrogens (tertiary/aromatic N) is 1. The van der Waals surface area contributed by atoms with E-state index in [1.54, 1.807) is 6.92 Å². The van der Waals surface area contributed by atoms with Crippen LogP contribution in [0, 0.1) is 0 Å². The number of nitrogens with one attached hydrogen (secondary N) is 1. The Balaban J connectivity index is 2.59. The fourth-order valence-electron chi connectivity index (χ4n) is 1.72. The predicted octanol–water partition coefficient (Wildman–Crippen LogP) is 2.72. The molecule has 0 saturated carbocycles. The highest BCUT2D eigenvalue weighted by Crippen LogP contribution is 2.17. The maximum absolute atomic E-state index is 11.4. The molecule has 1 N–H and O–H groups in total. The molecule has 2 rings (SSSR count). The molecule has 0 aliphatic heterocycles. The standard InChI is InChI=1S/C12H14N2O/c1-3-5-11-13-10-7-4-6-9(8(2)15)12(10)14-11/h4,6-7H,3,5H2,1-2H3,(H,13,14). The van der Waals surface area contributed by atoms with Crippen LogP contribution in [0.15, 0.2) is 18.2 Å². The number of carbonyl (C=O) groups excluding carboxylic acids is 1. The normalized spacial score (nSPS) is 10.8. The van der Waals surface area contributed by atoms with E-state index in [4.69, 9.17) is 0 Å². The van der Waals surface area contributed by atoms with Crippen LogP contribution >= 0.6 is 0 Å². The summed E-state index contributed by atoms with van der Waals surface area (Å²) in [5, 5.41) is 0. The van der Waals surface area contributed by atoms with Gasteiger partial charge in [-0.1, -0.05) is 13.0 Å². The number of aromatic nitrogens is 2. The molecule has 15 heavy (non-hydrogen) atoms. The minimum Gasteiger partial charge on any atom is -0.342 e. The number of imidazole rings is 1. The zero-order valence-corrected chi connectivity index (χ0v) is 9.00. The largest absolute Gasteiger partial charge is 0.342 e. The fraction of sp³-hybridized carbons (Fsp3) is 0.333. The molecular formula is C12H14N2O. The SMILES string of the molecule is CCCc1nc2c(C(C)=O)cccc2[nH]1. The van der Waals surface area contributed by atoms with E-state index in [9.17, 15) is 4.79 Å². The van der Waals surface area contributed by atoms with Gasteiger partial charge in [-0.05, 0) is 25.5 Å². The summed E-state index contributed by atoms with van der Waals surface area (Å²) in [6.45, 7) is 3.68. The van der Waals surface area contributed by atoms with Crippen molar-refractivity contribution in [2.24, 2.45) is 0 Å². The number of Topliss-reactive ketones (excluding diaryl/α,β-unsaturated/α-hetero) is 1. The second kappa shape index (κ2) is 3.85. The molecule has 1 aromatic carbocycles. The molecule has 0 aliphatic carbocycles. The lowest BCUT2D eigenvalue weighted by Gasteiger charge is -1.94. The summed E-state index contributed by atoms with van der Waals surface area (Å²) >= 11 is 0. The molecule has 78 valence electrons. The number of hydrogen-bond donors (Lipinski definition) is 1. The van der Waals surface area contributed by atoms with Gasteiger partial charge in [0.2, 0.25) is 0 Å².